The predicted molar refractivity (Wildman–Crippen MR) is 113 cm³/mol. The molecule has 1 fully saturated rings. The number of amides is 2. The van der Waals surface area contributed by atoms with E-state index < -0.39 is 0 Å². The minimum atomic E-state index is -0.262. The van der Waals surface area contributed by atoms with Crippen molar-refractivity contribution < 1.29 is 9.59 Å². The Hall–Kier alpha value is -1.89. The Bertz CT molecular complexity index is 771. The summed E-state index contributed by atoms with van der Waals surface area (Å²) in [5, 5.41) is 8.74. The molecule has 2 heterocycles. The molecule has 28 heavy (non-hydrogen) atoms. The summed E-state index contributed by atoms with van der Waals surface area (Å²) >= 11 is 7.50. The van der Waals surface area contributed by atoms with Crippen LogP contribution in [0.5, 0.6) is 0 Å². The standard InChI is InChI=1S/C21H26ClN3O2S/c1-15(26)23-19(20-3-2-12-28-20)13-21(27)24-18-8-10-25(11-9-18)14-16-4-6-17(22)7-5-16/h2-7,12,18-19H,8-11,13-14H2,1H3,(H,23,26)(H,24,27). The number of halogens is 1. The molecule has 5 nitrogen and oxygen atoms in total. The SMILES string of the molecule is CC(=O)NC(CC(=O)NC1CCN(Cc2ccc(Cl)cc2)CC1)c1cccs1. The van der Waals surface area contributed by atoms with Crippen molar-refractivity contribution in [1.29, 1.82) is 0 Å². The maximum absolute atomic E-state index is 12.5. The van der Waals surface area contributed by atoms with Gasteiger partial charge in [-0.05, 0) is 42.0 Å². The molecule has 2 amide bonds. The fourth-order valence-corrected chi connectivity index (χ4v) is 4.42. The largest absolute Gasteiger partial charge is 0.353 e. The first-order chi connectivity index (χ1) is 13.5. The number of rotatable bonds is 7. The number of benzene rings is 1. The molecule has 2 aromatic rings. The van der Waals surface area contributed by atoms with Crippen molar-refractivity contribution in [2.24, 2.45) is 0 Å². The minimum Gasteiger partial charge on any atom is -0.353 e. The van der Waals surface area contributed by atoms with Crippen LogP contribution in [0.1, 0.15) is 42.7 Å². The highest BCUT2D eigenvalue weighted by atomic mass is 35.5. The summed E-state index contributed by atoms with van der Waals surface area (Å²) in [6, 6.07) is 11.8. The van der Waals surface area contributed by atoms with Gasteiger partial charge in [0.15, 0.2) is 0 Å². The van der Waals surface area contributed by atoms with Gasteiger partial charge in [-0.2, -0.15) is 0 Å². The number of hydrogen-bond acceptors (Lipinski definition) is 4. The normalized spacial score (nSPS) is 16.5. The first-order valence-corrected chi connectivity index (χ1v) is 10.8. The van der Waals surface area contributed by atoms with Crippen molar-refractivity contribution in [3.63, 3.8) is 0 Å². The Morgan fingerprint density at radius 3 is 2.54 bits per heavy atom. The van der Waals surface area contributed by atoms with Gasteiger partial charge >= 0.3 is 0 Å². The summed E-state index contributed by atoms with van der Waals surface area (Å²) in [7, 11) is 0. The van der Waals surface area contributed by atoms with Crippen LogP contribution in [0.15, 0.2) is 41.8 Å². The van der Waals surface area contributed by atoms with Gasteiger partial charge in [0.1, 0.15) is 0 Å². The van der Waals surface area contributed by atoms with Crippen LogP contribution in [0.3, 0.4) is 0 Å². The van der Waals surface area contributed by atoms with Crippen molar-refractivity contribution in [3.05, 3.63) is 57.2 Å². The Balaban J connectivity index is 1.45. The summed E-state index contributed by atoms with van der Waals surface area (Å²) in [6.07, 6.45) is 2.14. The van der Waals surface area contributed by atoms with Crippen LogP contribution < -0.4 is 10.6 Å². The lowest BCUT2D eigenvalue weighted by Gasteiger charge is -2.32. The number of carbonyl (C=O) groups excluding carboxylic acids is 2. The molecule has 0 aliphatic carbocycles. The van der Waals surface area contributed by atoms with E-state index in [-0.39, 0.29) is 30.3 Å². The van der Waals surface area contributed by atoms with Crippen molar-refractivity contribution in [3.8, 4) is 0 Å². The molecule has 1 saturated heterocycles. The molecule has 1 aromatic heterocycles. The monoisotopic (exact) mass is 419 g/mol. The van der Waals surface area contributed by atoms with E-state index in [2.05, 4.69) is 27.7 Å². The fraction of sp³-hybridized carbons (Fsp3) is 0.429. The molecular weight excluding hydrogens is 394 g/mol. The second-order valence-corrected chi connectivity index (χ2v) is 8.63. The maximum Gasteiger partial charge on any atom is 0.222 e. The molecule has 0 bridgehead atoms. The van der Waals surface area contributed by atoms with Crippen molar-refractivity contribution >= 4 is 34.8 Å². The molecule has 7 heteroatoms. The van der Waals surface area contributed by atoms with Crippen LogP contribution >= 0.6 is 22.9 Å². The maximum atomic E-state index is 12.5. The van der Waals surface area contributed by atoms with E-state index >= 15 is 0 Å². The highest BCUT2D eigenvalue weighted by Gasteiger charge is 2.23. The van der Waals surface area contributed by atoms with Crippen LogP contribution in [0.4, 0.5) is 0 Å². The number of thiophene rings is 1. The molecule has 0 saturated carbocycles. The minimum absolute atomic E-state index is 0.0108. The second-order valence-electron chi connectivity index (χ2n) is 7.22. The lowest BCUT2D eigenvalue weighted by Crippen LogP contribution is -2.45. The number of carbonyl (C=O) groups is 2. The number of piperidine rings is 1. The first-order valence-electron chi connectivity index (χ1n) is 9.56. The molecule has 1 unspecified atom stereocenters. The van der Waals surface area contributed by atoms with Gasteiger partial charge in [0.05, 0.1) is 12.5 Å². The van der Waals surface area contributed by atoms with E-state index in [1.54, 1.807) is 11.3 Å². The van der Waals surface area contributed by atoms with Crippen LogP contribution in [-0.2, 0) is 16.1 Å². The number of hydrogen-bond donors (Lipinski definition) is 2. The summed E-state index contributed by atoms with van der Waals surface area (Å²) in [5.41, 5.74) is 1.25. The van der Waals surface area contributed by atoms with Gasteiger partial charge in [-0.1, -0.05) is 29.8 Å². The fourth-order valence-electron chi connectivity index (χ4n) is 3.51. The van der Waals surface area contributed by atoms with Gasteiger partial charge in [0.25, 0.3) is 0 Å². The highest BCUT2D eigenvalue weighted by molar-refractivity contribution is 7.10. The average Bonchev–Trinajstić information content (AvgIpc) is 3.19. The van der Waals surface area contributed by atoms with Crippen LogP contribution in [-0.4, -0.2) is 35.8 Å². The molecule has 150 valence electrons. The molecule has 1 aliphatic rings. The highest BCUT2D eigenvalue weighted by Crippen LogP contribution is 2.22. The average molecular weight is 420 g/mol. The summed E-state index contributed by atoms with van der Waals surface area (Å²) < 4.78 is 0. The summed E-state index contributed by atoms with van der Waals surface area (Å²) in [6.45, 7) is 4.29. The molecular formula is C21H26ClN3O2S. The summed E-state index contributed by atoms with van der Waals surface area (Å²) in [5.74, 6) is -0.134. The van der Waals surface area contributed by atoms with Gasteiger partial charge in [0.2, 0.25) is 11.8 Å². The lowest BCUT2D eigenvalue weighted by atomic mass is 10.0. The molecule has 1 aliphatic heterocycles. The zero-order chi connectivity index (χ0) is 19.9. The van der Waals surface area contributed by atoms with E-state index in [0.717, 1.165) is 42.4 Å². The van der Waals surface area contributed by atoms with Gasteiger partial charge in [-0.3, -0.25) is 14.5 Å². The zero-order valence-corrected chi connectivity index (χ0v) is 17.6. The second kappa shape index (κ2) is 10.0. The third kappa shape index (κ3) is 6.33. The zero-order valence-electron chi connectivity index (χ0n) is 16.0. The van der Waals surface area contributed by atoms with Crippen molar-refractivity contribution in [2.45, 2.75) is 44.8 Å². The topological polar surface area (TPSA) is 61.4 Å². The Kier molecular flexibility index (Phi) is 7.48. The van der Waals surface area contributed by atoms with E-state index in [4.69, 9.17) is 11.6 Å². The summed E-state index contributed by atoms with van der Waals surface area (Å²) in [4.78, 5) is 27.4. The van der Waals surface area contributed by atoms with E-state index in [9.17, 15) is 9.59 Å². The van der Waals surface area contributed by atoms with E-state index in [0.29, 0.717) is 0 Å². The van der Waals surface area contributed by atoms with Gasteiger partial charge in [-0.25, -0.2) is 0 Å². The lowest BCUT2D eigenvalue weighted by molar-refractivity contribution is -0.123. The molecule has 0 radical (unpaired) electrons. The van der Waals surface area contributed by atoms with E-state index in [1.807, 2.05) is 29.6 Å². The van der Waals surface area contributed by atoms with Gasteiger partial charge < -0.3 is 10.6 Å². The van der Waals surface area contributed by atoms with Gasteiger partial charge in [-0.15, -0.1) is 11.3 Å². The predicted octanol–water partition coefficient (Wildman–Crippen LogP) is 3.75. The van der Waals surface area contributed by atoms with Crippen LogP contribution in [0, 0.1) is 0 Å². The van der Waals surface area contributed by atoms with Gasteiger partial charge in [0, 0.05) is 42.5 Å². The molecule has 2 N–H and O–H groups in total. The number of nitrogens with one attached hydrogen (secondary N) is 2. The Labute approximate surface area is 175 Å². The Morgan fingerprint density at radius 2 is 1.93 bits per heavy atom. The Morgan fingerprint density at radius 1 is 1.21 bits per heavy atom. The quantitative estimate of drug-likeness (QED) is 0.718. The number of nitrogens with zero attached hydrogens (tertiary/aromatic N) is 1. The molecule has 1 atom stereocenters. The third-order valence-corrected chi connectivity index (χ3v) is 6.16. The number of likely N-dealkylation sites (tertiary alicyclic amines) is 1. The molecule has 0 spiro atoms. The smallest absolute Gasteiger partial charge is 0.222 e. The van der Waals surface area contributed by atoms with Crippen molar-refractivity contribution in [2.75, 3.05) is 13.1 Å². The van der Waals surface area contributed by atoms with Crippen molar-refractivity contribution in [1.82, 2.24) is 15.5 Å². The molecule has 1 aromatic carbocycles. The molecule has 3 rings (SSSR count). The first kappa shape index (κ1) is 20.8. The third-order valence-electron chi connectivity index (χ3n) is 4.93. The van der Waals surface area contributed by atoms with Crippen LogP contribution in [0.2, 0.25) is 5.02 Å². The van der Waals surface area contributed by atoms with E-state index in [1.165, 1.54) is 12.5 Å². The van der Waals surface area contributed by atoms with Crippen LogP contribution in [0.25, 0.3) is 0 Å².